The second-order valence-corrected chi connectivity index (χ2v) is 6.47. The molecule has 1 unspecified atom stereocenters. The van der Waals surface area contributed by atoms with E-state index < -0.39 is 0 Å². The van der Waals surface area contributed by atoms with Crippen LogP contribution >= 0.6 is 11.6 Å². The molecule has 1 amide bonds. The van der Waals surface area contributed by atoms with Gasteiger partial charge in [0.05, 0.1) is 11.1 Å². The minimum absolute atomic E-state index is 0.104. The van der Waals surface area contributed by atoms with Gasteiger partial charge in [-0.1, -0.05) is 11.6 Å². The molecule has 112 valence electrons. The predicted molar refractivity (Wildman–Crippen MR) is 81.6 cm³/mol. The molecular weight excluding hydrogens is 290 g/mol. The third kappa shape index (κ3) is 3.04. The van der Waals surface area contributed by atoms with Gasteiger partial charge in [-0.3, -0.25) is 9.89 Å². The number of fused-ring (bicyclic) bond motifs is 1. The zero-order valence-electron chi connectivity index (χ0n) is 12.1. The summed E-state index contributed by atoms with van der Waals surface area (Å²) in [5.74, 6) is -0.175. The van der Waals surface area contributed by atoms with E-state index in [2.05, 4.69) is 15.5 Å². The van der Waals surface area contributed by atoms with Crippen molar-refractivity contribution in [3.8, 4) is 0 Å². The Morgan fingerprint density at radius 1 is 1.52 bits per heavy atom. The van der Waals surface area contributed by atoms with Crippen LogP contribution in [0.5, 0.6) is 0 Å². The first kappa shape index (κ1) is 14.4. The maximum atomic E-state index is 12.4. The fourth-order valence-corrected chi connectivity index (χ4v) is 2.94. The number of hydrogen-bond donors (Lipinski definition) is 2. The van der Waals surface area contributed by atoms with Crippen molar-refractivity contribution in [2.45, 2.75) is 38.3 Å². The second kappa shape index (κ2) is 5.31. The monoisotopic (exact) mass is 307 g/mol. The summed E-state index contributed by atoms with van der Waals surface area (Å²) in [7, 11) is 0. The third-order valence-electron chi connectivity index (χ3n) is 3.77. The second-order valence-electron chi connectivity index (χ2n) is 6.03. The molecule has 1 fully saturated rings. The Labute approximate surface area is 128 Å². The molecule has 2 N–H and O–H groups in total. The fraction of sp³-hybridized carbons (Fsp3) is 0.467. The normalized spacial score (nSPS) is 21.4. The van der Waals surface area contributed by atoms with E-state index in [1.807, 2.05) is 19.9 Å². The smallest absolute Gasteiger partial charge is 0.272 e. The van der Waals surface area contributed by atoms with Crippen molar-refractivity contribution in [3.05, 3.63) is 28.9 Å². The Bertz CT molecular complexity index is 681. The molecule has 0 bridgehead atoms. The van der Waals surface area contributed by atoms with Gasteiger partial charge in [0, 0.05) is 23.1 Å². The molecule has 0 aliphatic carbocycles. The van der Waals surface area contributed by atoms with Crippen LogP contribution in [-0.2, 0) is 4.74 Å². The Hall–Kier alpha value is -1.59. The van der Waals surface area contributed by atoms with Gasteiger partial charge in [0.2, 0.25) is 0 Å². The molecule has 0 radical (unpaired) electrons. The third-order valence-corrected chi connectivity index (χ3v) is 4.01. The van der Waals surface area contributed by atoms with Crippen LogP contribution in [-0.4, -0.2) is 34.4 Å². The molecule has 0 spiro atoms. The molecule has 21 heavy (non-hydrogen) atoms. The largest absolute Gasteiger partial charge is 0.375 e. The van der Waals surface area contributed by atoms with E-state index in [1.54, 1.807) is 12.1 Å². The van der Waals surface area contributed by atoms with E-state index in [0.29, 0.717) is 17.3 Å². The summed E-state index contributed by atoms with van der Waals surface area (Å²) < 4.78 is 5.66. The molecule has 1 atom stereocenters. The summed E-state index contributed by atoms with van der Waals surface area (Å²) >= 11 is 5.99. The number of halogens is 1. The lowest BCUT2D eigenvalue weighted by Crippen LogP contribution is -2.45. The van der Waals surface area contributed by atoms with E-state index in [1.165, 1.54) is 0 Å². The fourth-order valence-electron chi connectivity index (χ4n) is 2.77. The molecule has 1 aromatic heterocycles. The number of nitrogens with zero attached hydrogens (tertiary/aromatic N) is 1. The van der Waals surface area contributed by atoms with E-state index in [9.17, 15) is 4.79 Å². The summed E-state index contributed by atoms with van der Waals surface area (Å²) in [6.45, 7) is 4.73. The highest BCUT2D eigenvalue weighted by Gasteiger charge is 2.30. The van der Waals surface area contributed by atoms with Crippen LogP contribution in [0.2, 0.25) is 5.02 Å². The average molecular weight is 308 g/mol. The van der Waals surface area contributed by atoms with Gasteiger partial charge in [0.15, 0.2) is 5.69 Å². The molecule has 1 saturated heterocycles. The Morgan fingerprint density at radius 2 is 2.33 bits per heavy atom. The van der Waals surface area contributed by atoms with Crippen molar-refractivity contribution < 1.29 is 9.53 Å². The average Bonchev–Trinajstić information content (AvgIpc) is 2.80. The Kier molecular flexibility index (Phi) is 3.63. The number of benzene rings is 1. The number of rotatable bonds is 2. The highest BCUT2D eigenvalue weighted by Crippen LogP contribution is 2.25. The van der Waals surface area contributed by atoms with Crippen LogP contribution in [0.15, 0.2) is 18.2 Å². The highest BCUT2D eigenvalue weighted by atomic mass is 35.5. The number of aromatic nitrogens is 2. The molecule has 6 heteroatoms. The number of H-pyrrole nitrogens is 1. The molecule has 3 rings (SSSR count). The van der Waals surface area contributed by atoms with Gasteiger partial charge in [-0.2, -0.15) is 5.10 Å². The van der Waals surface area contributed by atoms with Crippen LogP contribution in [0, 0.1) is 0 Å². The highest BCUT2D eigenvalue weighted by molar-refractivity contribution is 6.31. The van der Waals surface area contributed by atoms with Crippen LogP contribution in [0.3, 0.4) is 0 Å². The van der Waals surface area contributed by atoms with Gasteiger partial charge in [-0.25, -0.2) is 0 Å². The van der Waals surface area contributed by atoms with Crippen molar-refractivity contribution in [1.82, 2.24) is 15.5 Å². The lowest BCUT2D eigenvalue weighted by molar-refractivity contribution is -0.0615. The van der Waals surface area contributed by atoms with Crippen LogP contribution < -0.4 is 5.32 Å². The first-order valence-electron chi connectivity index (χ1n) is 7.03. The maximum Gasteiger partial charge on any atom is 0.272 e. The number of hydrogen-bond acceptors (Lipinski definition) is 3. The zero-order chi connectivity index (χ0) is 15.0. The van der Waals surface area contributed by atoms with Crippen molar-refractivity contribution >= 4 is 28.4 Å². The minimum atomic E-state index is -0.201. The minimum Gasteiger partial charge on any atom is -0.375 e. The SMILES string of the molecule is CC1(C)CC(NC(=O)c2n[nH]c3ccc(Cl)cc23)CCO1. The van der Waals surface area contributed by atoms with Gasteiger partial charge < -0.3 is 10.1 Å². The maximum absolute atomic E-state index is 12.4. The van der Waals surface area contributed by atoms with Crippen LogP contribution in [0.1, 0.15) is 37.2 Å². The number of carbonyl (C=O) groups is 1. The zero-order valence-corrected chi connectivity index (χ0v) is 12.8. The standard InChI is InChI=1S/C15H18ClN3O2/c1-15(2)8-10(5-6-21-15)17-14(20)13-11-7-9(16)3-4-12(11)18-19-13/h3-4,7,10H,5-6,8H2,1-2H3,(H,17,20)(H,18,19). The predicted octanol–water partition coefficient (Wildman–Crippen LogP) is 2.90. The number of ether oxygens (including phenoxy) is 1. The van der Waals surface area contributed by atoms with Gasteiger partial charge in [-0.15, -0.1) is 0 Å². The Morgan fingerprint density at radius 3 is 3.10 bits per heavy atom. The summed E-state index contributed by atoms with van der Waals surface area (Å²) in [6.07, 6.45) is 1.61. The first-order chi connectivity index (χ1) is 9.94. The number of amides is 1. The molecule has 2 heterocycles. The topological polar surface area (TPSA) is 67.0 Å². The quantitative estimate of drug-likeness (QED) is 0.896. The number of nitrogens with one attached hydrogen (secondary N) is 2. The summed E-state index contributed by atoms with van der Waals surface area (Å²) in [4.78, 5) is 12.4. The van der Waals surface area contributed by atoms with Crippen molar-refractivity contribution in [2.75, 3.05) is 6.61 Å². The summed E-state index contributed by atoms with van der Waals surface area (Å²) in [5.41, 5.74) is 0.987. The molecule has 1 aliphatic heterocycles. The summed E-state index contributed by atoms with van der Waals surface area (Å²) in [6, 6.07) is 5.44. The Balaban J connectivity index is 1.79. The van der Waals surface area contributed by atoms with Gasteiger partial charge in [-0.05, 0) is 44.9 Å². The lowest BCUT2D eigenvalue weighted by atomic mass is 9.94. The lowest BCUT2D eigenvalue weighted by Gasteiger charge is -2.35. The molecule has 1 aliphatic rings. The van der Waals surface area contributed by atoms with Gasteiger partial charge in [0.1, 0.15) is 0 Å². The van der Waals surface area contributed by atoms with Gasteiger partial charge >= 0.3 is 0 Å². The van der Waals surface area contributed by atoms with Crippen molar-refractivity contribution in [3.63, 3.8) is 0 Å². The molecular formula is C15H18ClN3O2. The van der Waals surface area contributed by atoms with E-state index in [0.717, 1.165) is 23.7 Å². The number of carbonyl (C=O) groups excluding carboxylic acids is 1. The van der Waals surface area contributed by atoms with Gasteiger partial charge in [0.25, 0.3) is 5.91 Å². The summed E-state index contributed by atoms with van der Waals surface area (Å²) in [5, 5.41) is 11.3. The van der Waals surface area contributed by atoms with E-state index >= 15 is 0 Å². The molecule has 0 saturated carbocycles. The van der Waals surface area contributed by atoms with E-state index in [4.69, 9.17) is 16.3 Å². The van der Waals surface area contributed by atoms with Crippen molar-refractivity contribution in [1.29, 1.82) is 0 Å². The van der Waals surface area contributed by atoms with Crippen LogP contribution in [0.4, 0.5) is 0 Å². The number of aromatic amines is 1. The first-order valence-corrected chi connectivity index (χ1v) is 7.41. The molecule has 2 aromatic rings. The van der Waals surface area contributed by atoms with Crippen LogP contribution in [0.25, 0.3) is 10.9 Å². The van der Waals surface area contributed by atoms with Crippen molar-refractivity contribution in [2.24, 2.45) is 0 Å². The molecule has 5 nitrogen and oxygen atoms in total. The molecule has 1 aromatic carbocycles. The van der Waals surface area contributed by atoms with E-state index in [-0.39, 0.29) is 17.6 Å².